The van der Waals surface area contributed by atoms with Gasteiger partial charge in [0.15, 0.2) is 0 Å². The van der Waals surface area contributed by atoms with E-state index in [4.69, 9.17) is 0 Å². The lowest BCUT2D eigenvalue weighted by atomic mass is 10.2. The van der Waals surface area contributed by atoms with Crippen LogP contribution in [0.2, 0.25) is 0 Å². The molecular formula is C18H25N3O4S2. The Morgan fingerprint density at radius 1 is 1.22 bits per heavy atom. The SMILES string of the molecule is CN(CC(=O)N1CCCCCC1)S(=O)(=O)c1ccc2c(c1)NC(=O)CCS2. The number of amides is 2. The van der Waals surface area contributed by atoms with E-state index >= 15 is 0 Å². The molecule has 2 amide bonds. The van der Waals surface area contributed by atoms with Gasteiger partial charge in [-0.2, -0.15) is 4.31 Å². The summed E-state index contributed by atoms with van der Waals surface area (Å²) in [6, 6.07) is 4.72. The topological polar surface area (TPSA) is 86.8 Å². The van der Waals surface area contributed by atoms with Gasteiger partial charge in [-0.1, -0.05) is 12.8 Å². The molecule has 0 spiro atoms. The highest BCUT2D eigenvalue weighted by Crippen LogP contribution is 2.33. The van der Waals surface area contributed by atoms with Crippen LogP contribution < -0.4 is 5.32 Å². The number of nitrogens with one attached hydrogen (secondary N) is 1. The zero-order valence-corrected chi connectivity index (χ0v) is 17.1. The maximum Gasteiger partial charge on any atom is 0.243 e. The second-order valence-corrected chi connectivity index (χ2v) is 10.0. The Hall–Kier alpha value is -1.58. The highest BCUT2D eigenvalue weighted by atomic mass is 32.2. The normalized spacial score (nSPS) is 18.4. The van der Waals surface area contributed by atoms with Crippen LogP contribution in [0.25, 0.3) is 0 Å². The Balaban J connectivity index is 1.75. The first-order valence-corrected chi connectivity index (χ1v) is 11.6. The zero-order valence-electron chi connectivity index (χ0n) is 15.4. The van der Waals surface area contributed by atoms with Crippen LogP contribution in [0.5, 0.6) is 0 Å². The molecule has 148 valence electrons. The lowest BCUT2D eigenvalue weighted by Gasteiger charge is -2.24. The molecule has 1 aromatic carbocycles. The molecule has 2 heterocycles. The van der Waals surface area contributed by atoms with Crippen molar-refractivity contribution in [3.8, 4) is 0 Å². The molecule has 0 atom stereocenters. The van der Waals surface area contributed by atoms with Gasteiger partial charge in [-0.3, -0.25) is 9.59 Å². The van der Waals surface area contributed by atoms with Crippen LogP contribution in [-0.4, -0.2) is 61.9 Å². The highest BCUT2D eigenvalue weighted by molar-refractivity contribution is 7.99. The molecule has 0 unspecified atom stereocenters. The van der Waals surface area contributed by atoms with Crippen molar-refractivity contribution in [3.63, 3.8) is 0 Å². The molecule has 7 nitrogen and oxygen atoms in total. The molecule has 0 aliphatic carbocycles. The van der Waals surface area contributed by atoms with Gasteiger partial charge in [0, 0.05) is 37.2 Å². The lowest BCUT2D eigenvalue weighted by Crippen LogP contribution is -2.41. The fraction of sp³-hybridized carbons (Fsp3) is 0.556. The van der Waals surface area contributed by atoms with E-state index in [2.05, 4.69) is 5.32 Å². The summed E-state index contributed by atoms with van der Waals surface area (Å²) in [4.78, 5) is 27.0. The number of hydrogen-bond donors (Lipinski definition) is 1. The molecule has 0 aromatic heterocycles. The number of benzene rings is 1. The van der Waals surface area contributed by atoms with Crippen molar-refractivity contribution < 1.29 is 18.0 Å². The van der Waals surface area contributed by atoms with Crippen LogP contribution in [0, 0.1) is 0 Å². The molecule has 2 aliphatic rings. The van der Waals surface area contributed by atoms with E-state index in [0.29, 0.717) is 31.0 Å². The van der Waals surface area contributed by atoms with E-state index in [9.17, 15) is 18.0 Å². The van der Waals surface area contributed by atoms with Crippen LogP contribution >= 0.6 is 11.8 Å². The van der Waals surface area contributed by atoms with Gasteiger partial charge in [-0.15, -0.1) is 11.8 Å². The second kappa shape index (κ2) is 8.62. The Morgan fingerprint density at radius 3 is 2.63 bits per heavy atom. The molecule has 1 saturated heterocycles. The van der Waals surface area contributed by atoms with Crippen LogP contribution in [0.4, 0.5) is 5.69 Å². The maximum atomic E-state index is 12.9. The van der Waals surface area contributed by atoms with Gasteiger partial charge in [0.1, 0.15) is 0 Å². The number of hydrogen-bond acceptors (Lipinski definition) is 5. The van der Waals surface area contributed by atoms with E-state index in [1.807, 2.05) is 0 Å². The summed E-state index contributed by atoms with van der Waals surface area (Å²) >= 11 is 1.52. The molecular weight excluding hydrogens is 386 g/mol. The van der Waals surface area contributed by atoms with Gasteiger partial charge in [0.25, 0.3) is 0 Å². The zero-order chi connectivity index (χ0) is 19.4. The Labute approximate surface area is 164 Å². The molecule has 9 heteroatoms. The van der Waals surface area contributed by atoms with E-state index in [1.54, 1.807) is 11.0 Å². The van der Waals surface area contributed by atoms with Crippen molar-refractivity contribution in [2.24, 2.45) is 0 Å². The minimum absolute atomic E-state index is 0.0789. The van der Waals surface area contributed by atoms with Crippen LogP contribution in [-0.2, 0) is 19.6 Å². The molecule has 1 fully saturated rings. The van der Waals surface area contributed by atoms with Crippen LogP contribution in [0.3, 0.4) is 0 Å². The van der Waals surface area contributed by atoms with Gasteiger partial charge >= 0.3 is 0 Å². The number of fused-ring (bicyclic) bond motifs is 1. The number of nitrogens with zero attached hydrogens (tertiary/aromatic N) is 2. The van der Waals surface area contributed by atoms with Gasteiger partial charge in [-0.25, -0.2) is 8.42 Å². The third-order valence-corrected chi connectivity index (χ3v) is 7.71. The fourth-order valence-electron chi connectivity index (χ4n) is 3.23. The predicted octanol–water partition coefficient (Wildman–Crippen LogP) is 2.14. The average Bonchev–Trinajstić information content (AvgIpc) is 3.00. The quantitative estimate of drug-likeness (QED) is 0.820. The van der Waals surface area contributed by atoms with E-state index in [1.165, 1.54) is 30.9 Å². The number of thioether (sulfide) groups is 1. The third kappa shape index (κ3) is 4.83. The first-order valence-electron chi connectivity index (χ1n) is 9.19. The number of sulfonamides is 1. The van der Waals surface area contributed by atoms with Gasteiger partial charge in [-0.05, 0) is 31.0 Å². The first kappa shape index (κ1) is 20.2. The highest BCUT2D eigenvalue weighted by Gasteiger charge is 2.27. The van der Waals surface area contributed by atoms with E-state index in [0.717, 1.165) is 34.9 Å². The smallest absolute Gasteiger partial charge is 0.243 e. The summed E-state index contributed by atoms with van der Waals surface area (Å²) in [5, 5.41) is 2.76. The van der Waals surface area contributed by atoms with Crippen molar-refractivity contribution in [1.29, 1.82) is 0 Å². The van der Waals surface area contributed by atoms with Crippen molar-refractivity contribution in [2.75, 3.05) is 37.8 Å². The van der Waals surface area contributed by atoms with Crippen molar-refractivity contribution in [2.45, 2.75) is 41.9 Å². The number of likely N-dealkylation sites (tertiary alicyclic amines) is 1. The van der Waals surface area contributed by atoms with Gasteiger partial charge in [0.05, 0.1) is 17.1 Å². The molecule has 1 N–H and O–H groups in total. The lowest BCUT2D eigenvalue weighted by molar-refractivity contribution is -0.131. The number of rotatable bonds is 4. The molecule has 27 heavy (non-hydrogen) atoms. The van der Waals surface area contributed by atoms with E-state index in [-0.39, 0.29) is 23.3 Å². The molecule has 3 rings (SSSR count). The monoisotopic (exact) mass is 411 g/mol. The summed E-state index contributed by atoms with van der Waals surface area (Å²) in [5.41, 5.74) is 0.510. The van der Waals surface area contributed by atoms with Crippen LogP contribution in [0.15, 0.2) is 28.0 Å². The summed E-state index contributed by atoms with van der Waals surface area (Å²) < 4.78 is 26.9. The first-order chi connectivity index (χ1) is 12.9. The number of carbonyl (C=O) groups excluding carboxylic acids is 2. The van der Waals surface area contributed by atoms with E-state index < -0.39 is 10.0 Å². The molecule has 0 radical (unpaired) electrons. The minimum atomic E-state index is -3.82. The summed E-state index contributed by atoms with van der Waals surface area (Å²) in [5.74, 6) is 0.372. The number of carbonyl (C=O) groups is 2. The van der Waals surface area contributed by atoms with Crippen molar-refractivity contribution in [3.05, 3.63) is 18.2 Å². The van der Waals surface area contributed by atoms with Crippen LogP contribution in [0.1, 0.15) is 32.1 Å². The molecule has 0 saturated carbocycles. The summed E-state index contributed by atoms with van der Waals surface area (Å²) in [6.45, 7) is 1.20. The Kier molecular flexibility index (Phi) is 6.44. The summed E-state index contributed by atoms with van der Waals surface area (Å²) in [7, 11) is -2.40. The average molecular weight is 412 g/mol. The van der Waals surface area contributed by atoms with Gasteiger partial charge < -0.3 is 10.2 Å². The predicted molar refractivity (Wildman–Crippen MR) is 105 cm³/mol. The fourth-order valence-corrected chi connectivity index (χ4v) is 5.32. The maximum absolute atomic E-state index is 12.9. The largest absolute Gasteiger partial charge is 0.342 e. The van der Waals surface area contributed by atoms with Crippen molar-refractivity contribution in [1.82, 2.24) is 9.21 Å². The number of anilines is 1. The van der Waals surface area contributed by atoms with Gasteiger partial charge in [0.2, 0.25) is 21.8 Å². The number of likely N-dealkylation sites (N-methyl/N-ethyl adjacent to an activating group) is 1. The Bertz CT molecular complexity index is 818. The van der Waals surface area contributed by atoms with Crippen molar-refractivity contribution >= 4 is 39.3 Å². The molecule has 2 aliphatic heterocycles. The second-order valence-electron chi connectivity index (χ2n) is 6.86. The third-order valence-electron chi connectivity index (χ3n) is 4.84. The summed E-state index contributed by atoms with van der Waals surface area (Å²) in [6.07, 6.45) is 4.54. The molecule has 0 bridgehead atoms. The Morgan fingerprint density at radius 2 is 1.93 bits per heavy atom. The molecule has 1 aromatic rings. The minimum Gasteiger partial charge on any atom is -0.342 e. The standard InChI is InChI=1S/C18H25N3O4S2/c1-20(13-18(23)21-9-4-2-3-5-10-21)27(24,25)14-6-7-16-15(12-14)19-17(22)8-11-26-16/h6-7,12H,2-5,8-11,13H2,1H3,(H,19,22).